The molecule has 1 aromatic carbocycles. The number of rotatable bonds is 2. The fraction of sp³-hybridized carbons (Fsp3) is 0.200. The zero-order chi connectivity index (χ0) is 10.8. The van der Waals surface area contributed by atoms with E-state index < -0.39 is 12.1 Å². The summed E-state index contributed by atoms with van der Waals surface area (Å²) in [5.41, 5.74) is 6.24. The van der Waals surface area contributed by atoms with E-state index in [1.54, 1.807) is 18.2 Å². The second-order valence-corrected chi connectivity index (χ2v) is 3.21. The Hall–Kier alpha value is -2.04. The molecule has 0 aliphatic carbocycles. The molecule has 78 valence electrons. The van der Waals surface area contributed by atoms with Crippen molar-refractivity contribution in [2.45, 2.75) is 12.5 Å². The molecule has 1 aliphatic rings. The first-order valence-corrected chi connectivity index (χ1v) is 4.48. The van der Waals surface area contributed by atoms with Crippen molar-refractivity contribution in [2.75, 3.05) is 0 Å². The molecule has 5 heteroatoms. The van der Waals surface area contributed by atoms with Crippen molar-refractivity contribution in [1.29, 1.82) is 0 Å². The number of amidine groups is 1. The molecular formula is C10H10N2O3. The van der Waals surface area contributed by atoms with Crippen LogP contribution in [0.3, 0.4) is 0 Å². The molecule has 1 heterocycles. The SMILES string of the molecule is NC1=Nc2ccccc2OC1CC(=O)O. The van der Waals surface area contributed by atoms with Gasteiger partial charge in [0, 0.05) is 0 Å². The van der Waals surface area contributed by atoms with Gasteiger partial charge in [0.2, 0.25) is 0 Å². The van der Waals surface area contributed by atoms with E-state index in [9.17, 15) is 4.79 Å². The highest BCUT2D eigenvalue weighted by Crippen LogP contribution is 2.31. The number of nitrogens with two attached hydrogens (primary N) is 1. The third kappa shape index (κ3) is 1.90. The minimum absolute atomic E-state index is 0.177. The summed E-state index contributed by atoms with van der Waals surface area (Å²) in [5.74, 6) is -0.188. The fourth-order valence-corrected chi connectivity index (χ4v) is 1.38. The average molecular weight is 206 g/mol. The number of hydrogen-bond donors (Lipinski definition) is 2. The third-order valence-electron chi connectivity index (χ3n) is 2.07. The first kappa shape index (κ1) is 9.51. The van der Waals surface area contributed by atoms with Crippen LogP contribution in [0.4, 0.5) is 5.69 Å². The fourth-order valence-electron chi connectivity index (χ4n) is 1.38. The molecule has 0 amide bonds. The van der Waals surface area contributed by atoms with Crippen LogP contribution in [0.5, 0.6) is 5.75 Å². The number of fused-ring (bicyclic) bond motifs is 1. The lowest BCUT2D eigenvalue weighted by atomic mass is 10.2. The lowest BCUT2D eigenvalue weighted by Crippen LogP contribution is -2.37. The Morgan fingerprint density at radius 1 is 1.53 bits per heavy atom. The smallest absolute Gasteiger partial charge is 0.307 e. The molecule has 0 radical (unpaired) electrons. The molecular weight excluding hydrogens is 196 g/mol. The van der Waals surface area contributed by atoms with Crippen LogP contribution < -0.4 is 10.5 Å². The van der Waals surface area contributed by atoms with Gasteiger partial charge >= 0.3 is 5.97 Å². The number of hydrogen-bond acceptors (Lipinski definition) is 4. The maximum Gasteiger partial charge on any atom is 0.307 e. The van der Waals surface area contributed by atoms with E-state index in [1.165, 1.54) is 0 Å². The van der Waals surface area contributed by atoms with Crippen molar-refractivity contribution >= 4 is 17.5 Å². The van der Waals surface area contributed by atoms with Crippen molar-refractivity contribution in [3.8, 4) is 5.75 Å². The molecule has 0 spiro atoms. The molecule has 2 rings (SSSR count). The molecule has 5 nitrogen and oxygen atoms in total. The van der Waals surface area contributed by atoms with E-state index in [-0.39, 0.29) is 12.3 Å². The van der Waals surface area contributed by atoms with Gasteiger partial charge in [0.1, 0.15) is 17.3 Å². The standard InChI is InChI=1S/C10H10N2O3/c11-10-8(5-9(13)14)15-7-4-2-1-3-6(7)12-10/h1-4,8H,5H2,(H2,11,12)(H,13,14). The second kappa shape index (κ2) is 3.61. The molecule has 0 saturated heterocycles. The Labute approximate surface area is 86.2 Å². The molecule has 0 fully saturated rings. The summed E-state index contributed by atoms with van der Waals surface area (Å²) in [6.07, 6.45) is -0.846. The minimum atomic E-state index is -0.961. The normalized spacial score (nSPS) is 18.7. The van der Waals surface area contributed by atoms with Gasteiger partial charge in [-0.05, 0) is 12.1 Å². The molecule has 0 aromatic heterocycles. The quantitative estimate of drug-likeness (QED) is 0.753. The van der Waals surface area contributed by atoms with E-state index in [2.05, 4.69) is 4.99 Å². The first-order chi connectivity index (χ1) is 7.16. The van der Waals surface area contributed by atoms with Crippen LogP contribution in [-0.2, 0) is 4.79 Å². The van der Waals surface area contributed by atoms with Gasteiger partial charge in [-0.1, -0.05) is 12.1 Å². The van der Waals surface area contributed by atoms with Crippen LogP contribution in [0.15, 0.2) is 29.3 Å². The van der Waals surface area contributed by atoms with Crippen LogP contribution in [0, 0.1) is 0 Å². The highest BCUT2D eigenvalue weighted by Gasteiger charge is 2.24. The molecule has 1 unspecified atom stereocenters. The Morgan fingerprint density at radius 2 is 2.27 bits per heavy atom. The largest absolute Gasteiger partial charge is 0.481 e. The lowest BCUT2D eigenvalue weighted by molar-refractivity contribution is -0.138. The predicted octanol–water partition coefficient (Wildman–Crippen LogP) is 0.911. The average Bonchev–Trinajstić information content (AvgIpc) is 2.18. The van der Waals surface area contributed by atoms with E-state index in [0.717, 1.165) is 0 Å². The number of aliphatic carboxylic acids is 1. The van der Waals surface area contributed by atoms with E-state index in [1.807, 2.05) is 6.07 Å². The highest BCUT2D eigenvalue weighted by atomic mass is 16.5. The van der Waals surface area contributed by atoms with Gasteiger partial charge in [0.05, 0.1) is 6.42 Å². The Kier molecular flexibility index (Phi) is 2.29. The summed E-state index contributed by atoms with van der Waals surface area (Å²) in [6.45, 7) is 0. The summed E-state index contributed by atoms with van der Waals surface area (Å²) in [7, 11) is 0. The molecule has 1 aromatic rings. The van der Waals surface area contributed by atoms with Crippen LogP contribution in [0.1, 0.15) is 6.42 Å². The van der Waals surface area contributed by atoms with Crippen LogP contribution in [0.2, 0.25) is 0 Å². The second-order valence-electron chi connectivity index (χ2n) is 3.21. The van der Waals surface area contributed by atoms with Gasteiger partial charge in [-0.3, -0.25) is 4.79 Å². The van der Waals surface area contributed by atoms with Crippen LogP contribution in [-0.4, -0.2) is 23.0 Å². The topological polar surface area (TPSA) is 84.9 Å². The Balaban J connectivity index is 2.28. The summed E-state index contributed by atoms with van der Waals surface area (Å²) in [6, 6.07) is 7.11. The molecule has 1 atom stereocenters. The van der Waals surface area contributed by atoms with Crippen molar-refractivity contribution in [3.05, 3.63) is 24.3 Å². The minimum Gasteiger partial charge on any atom is -0.481 e. The van der Waals surface area contributed by atoms with Gasteiger partial charge in [0.15, 0.2) is 6.10 Å². The molecule has 1 aliphatic heterocycles. The monoisotopic (exact) mass is 206 g/mol. The van der Waals surface area contributed by atoms with Gasteiger partial charge in [-0.15, -0.1) is 0 Å². The van der Waals surface area contributed by atoms with E-state index in [0.29, 0.717) is 11.4 Å². The predicted molar refractivity (Wildman–Crippen MR) is 54.4 cm³/mol. The molecule has 3 N–H and O–H groups in total. The summed E-state index contributed by atoms with van der Waals surface area (Å²) in [4.78, 5) is 14.6. The van der Waals surface area contributed by atoms with Gasteiger partial charge in [-0.25, -0.2) is 4.99 Å². The molecule has 0 saturated carbocycles. The van der Waals surface area contributed by atoms with Gasteiger partial charge in [-0.2, -0.15) is 0 Å². The first-order valence-electron chi connectivity index (χ1n) is 4.48. The number of ether oxygens (including phenoxy) is 1. The zero-order valence-electron chi connectivity index (χ0n) is 7.88. The van der Waals surface area contributed by atoms with Crippen molar-refractivity contribution in [3.63, 3.8) is 0 Å². The number of carbonyl (C=O) groups is 1. The van der Waals surface area contributed by atoms with Crippen molar-refractivity contribution < 1.29 is 14.6 Å². The van der Waals surface area contributed by atoms with Gasteiger partial charge in [0.25, 0.3) is 0 Å². The van der Waals surface area contributed by atoms with E-state index in [4.69, 9.17) is 15.6 Å². The van der Waals surface area contributed by atoms with E-state index >= 15 is 0 Å². The number of aliphatic imine (C=N–C) groups is 1. The molecule has 15 heavy (non-hydrogen) atoms. The van der Waals surface area contributed by atoms with Crippen molar-refractivity contribution in [1.82, 2.24) is 0 Å². The summed E-state index contributed by atoms with van der Waals surface area (Å²) in [5, 5.41) is 8.64. The highest BCUT2D eigenvalue weighted by molar-refractivity contribution is 5.92. The van der Waals surface area contributed by atoms with Crippen LogP contribution in [0.25, 0.3) is 0 Å². The number of benzene rings is 1. The Bertz CT molecular complexity index is 428. The number of nitrogens with zero attached hydrogens (tertiary/aromatic N) is 1. The lowest BCUT2D eigenvalue weighted by Gasteiger charge is -2.22. The summed E-state index contributed by atoms with van der Waals surface area (Å²) < 4.78 is 5.42. The van der Waals surface area contributed by atoms with Crippen molar-refractivity contribution in [2.24, 2.45) is 10.7 Å². The Morgan fingerprint density at radius 3 is 3.00 bits per heavy atom. The maximum atomic E-state index is 10.5. The summed E-state index contributed by atoms with van der Waals surface area (Å²) >= 11 is 0. The van der Waals surface area contributed by atoms with Crippen LogP contribution >= 0.6 is 0 Å². The van der Waals surface area contributed by atoms with Gasteiger partial charge < -0.3 is 15.6 Å². The zero-order valence-corrected chi connectivity index (χ0v) is 7.88. The molecule has 0 bridgehead atoms. The third-order valence-corrected chi connectivity index (χ3v) is 2.07. The number of carboxylic acid groups (broad SMARTS) is 1. The number of para-hydroxylation sites is 2. The maximum absolute atomic E-state index is 10.5. The number of carboxylic acids is 1.